The molecule has 5 rings (SSSR count). The van der Waals surface area contributed by atoms with Crippen LogP contribution in [0.3, 0.4) is 0 Å². The van der Waals surface area contributed by atoms with E-state index in [0.29, 0.717) is 22.7 Å². The first-order valence-corrected chi connectivity index (χ1v) is 11.0. The fraction of sp³-hybridized carbons (Fsp3) is 0.280. The molecule has 33 heavy (non-hydrogen) atoms. The Hall–Kier alpha value is -3.94. The minimum Gasteiger partial charge on any atom is -0.508 e. The van der Waals surface area contributed by atoms with Crippen LogP contribution in [0.15, 0.2) is 42.9 Å². The Morgan fingerprint density at radius 3 is 2.82 bits per heavy atom. The van der Waals surface area contributed by atoms with Gasteiger partial charge in [-0.25, -0.2) is 9.97 Å². The number of anilines is 2. The Bertz CT molecular complexity index is 1390. The molecular formula is C25H26N6O2. The maximum atomic E-state index is 12.8. The summed E-state index contributed by atoms with van der Waals surface area (Å²) in [7, 11) is 1.87. The first kappa shape index (κ1) is 20.9. The Labute approximate surface area is 191 Å². The van der Waals surface area contributed by atoms with E-state index >= 15 is 0 Å². The largest absolute Gasteiger partial charge is 0.508 e. The summed E-state index contributed by atoms with van der Waals surface area (Å²) in [5.41, 5.74) is 10.9. The van der Waals surface area contributed by atoms with Gasteiger partial charge in [0.25, 0.3) is 0 Å². The van der Waals surface area contributed by atoms with Gasteiger partial charge in [-0.2, -0.15) is 5.10 Å². The molecule has 0 radical (unpaired) electrons. The lowest BCUT2D eigenvalue weighted by Gasteiger charge is -2.13. The molecule has 0 spiro atoms. The average molecular weight is 443 g/mol. The highest BCUT2D eigenvalue weighted by Crippen LogP contribution is 2.47. The number of amides is 1. The van der Waals surface area contributed by atoms with E-state index in [9.17, 15) is 9.90 Å². The van der Waals surface area contributed by atoms with Gasteiger partial charge in [0, 0.05) is 36.3 Å². The van der Waals surface area contributed by atoms with Gasteiger partial charge in [0.05, 0.1) is 11.9 Å². The smallest absolute Gasteiger partial charge is 0.229 e. The molecule has 168 valence electrons. The minimum atomic E-state index is -0.0767. The van der Waals surface area contributed by atoms with Crippen molar-refractivity contribution < 1.29 is 9.90 Å². The van der Waals surface area contributed by atoms with Crippen molar-refractivity contribution in [2.24, 2.45) is 13.0 Å². The molecule has 2 atom stereocenters. The van der Waals surface area contributed by atoms with E-state index in [1.807, 2.05) is 45.4 Å². The number of phenolic OH excluding ortho intramolecular Hbond substituents is 1. The number of nitrogens with zero attached hydrogens (tertiary/aromatic N) is 4. The van der Waals surface area contributed by atoms with Gasteiger partial charge in [0.15, 0.2) is 0 Å². The van der Waals surface area contributed by atoms with Gasteiger partial charge in [-0.05, 0) is 72.0 Å². The van der Waals surface area contributed by atoms with Crippen molar-refractivity contribution in [3.63, 3.8) is 0 Å². The normalized spacial score (nSPS) is 17.3. The van der Waals surface area contributed by atoms with E-state index in [1.165, 1.54) is 0 Å². The molecule has 1 aliphatic rings. The third kappa shape index (κ3) is 3.88. The molecule has 0 aliphatic heterocycles. The summed E-state index contributed by atoms with van der Waals surface area (Å²) in [5.74, 6) is 1.10. The van der Waals surface area contributed by atoms with Crippen molar-refractivity contribution in [2.75, 3.05) is 11.1 Å². The lowest BCUT2D eigenvalue weighted by atomic mass is 9.96. The number of aryl methyl sites for hydroxylation is 2. The molecule has 8 nitrogen and oxygen atoms in total. The van der Waals surface area contributed by atoms with E-state index in [0.717, 1.165) is 40.5 Å². The summed E-state index contributed by atoms with van der Waals surface area (Å²) in [5, 5.41) is 18.8. The molecule has 0 bridgehead atoms. The van der Waals surface area contributed by atoms with Gasteiger partial charge < -0.3 is 16.2 Å². The number of aromatic hydroxyl groups is 1. The molecule has 1 aliphatic carbocycles. The van der Waals surface area contributed by atoms with Crippen LogP contribution in [0.4, 0.5) is 11.6 Å². The van der Waals surface area contributed by atoms with Crippen LogP contribution in [0.5, 0.6) is 5.75 Å². The van der Waals surface area contributed by atoms with Crippen LogP contribution in [0.2, 0.25) is 0 Å². The van der Waals surface area contributed by atoms with Crippen LogP contribution in [-0.4, -0.2) is 30.8 Å². The number of benzene rings is 1. The van der Waals surface area contributed by atoms with Crippen LogP contribution in [0, 0.1) is 12.8 Å². The Morgan fingerprint density at radius 2 is 2.09 bits per heavy atom. The highest BCUT2D eigenvalue weighted by Gasteiger charge is 2.44. The van der Waals surface area contributed by atoms with Crippen molar-refractivity contribution in [3.05, 3.63) is 59.5 Å². The van der Waals surface area contributed by atoms with Crippen molar-refractivity contribution >= 4 is 28.3 Å². The maximum absolute atomic E-state index is 12.8. The number of aromatic nitrogens is 4. The van der Waals surface area contributed by atoms with Crippen LogP contribution in [0.1, 0.15) is 36.0 Å². The summed E-state index contributed by atoms with van der Waals surface area (Å²) in [6.45, 7) is 4.06. The predicted octanol–water partition coefficient (Wildman–Crippen LogP) is 3.93. The number of carbonyl (C=O) groups is 1. The average Bonchev–Trinajstić information content (AvgIpc) is 3.48. The maximum Gasteiger partial charge on any atom is 0.229 e. The third-order valence-electron chi connectivity index (χ3n) is 6.43. The zero-order valence-electron chi connectivity index (χ0n) is 18.8. The van der Waals surface area contributed by atoms with Gasteiger partial charge in [-0.3, -0.25) is 9.48 Å². The number of phenols is 1. The number of hydrogen-bond acceptors (Lipinski definition) is 6. The molecule has 1 amide bonds. The SMILES string of the molecule is CCc1cc(O)cc(-c2cc3cc(NC(=O)[C@@H]4C[C@H]4c4cnn(C)c4)ncc3c(N)n2)c1C. The highest BCUT2D eigenvalue weighted by molar-refractivity contribution is 5.99. The highest BCUT2D eigenvalue weighted by atomic mass is 16.3. The van der Waals surface area contributed by atoms with Gasteiger partial charge in [0.1, 0.15) is 17.4 Å². The number of nitrogens with one attached hydrogen (secondary N) is 1. The molecule has 1 aromatic carbocycles. The molecule has 1 saturated carbocycles. The van der Waals surface area contributed by atoms with Crippen LogP contribution in [-0.2, 0) is 18.3 Å². The standard InChI is InChI=1S/C25H26N6O2/c1-4-14-5-17(32)8-18(13(14)2)22-6-15-7-23(27-11-21(15)24(26)29-22)30-25(33)20-9-19(20)16-10-28-31(3)12-16/h5-8,10-12,19-20,32H,4,9H2,1-3H3,(H2,26,29)(H,27,30,33)/t19-,20+/m0/s1. The second-order valence-corrected chi connectivity index (χ2v) is 8.70. The fourth-order valence-corrected chi connectivity index (χ4v) is 4.47. The molecule has 4 aromatic rings. The number of carbonyl (C=O) groups excluding carboxylic acids is 1. The first-order valence-electron chi connectivity index (χ1n) is 11.0. The molecule has 4 N–H and O–H groups in total. The second-order valence-electron chi connectivity index (χ2n) is 8.70. The molecule has 0 saturated heterocycles. The Balaban J connectivity index is 1.43. The summed E-state index contributed by atoms with van der Waals surface area (Å²) < 4.78 is 1.75. The number of pyridine rings is 2. The summed E-state index contributed by atoms with van der Waals surface area (Å²) >= 11 is 0. The van der Waals surface area contributed by atoms with Crippen molar-refractivity contribution in [1.82, 2.24) is 19.7 Å². The van der Waals surface area contributed by atoms with Gasteiger partial charge in [0.2, 0.25) is 5.91 Å². The van der Waals surface area contributed by atoms with Crippen LogP contribution >= 0.6 is 0 Å². The number of fused-ring (bicyclic) bond motifs is 1. The lowest BCUT2D eigenvalue weighted by molar-refractivity contribution is -0.117. The molecular weight excluding hydrogens is 416 g/mol. The fourth-order valence-electron chi connectivity index (χ4n) is 4.47. The molecule has 3 heterocycles. The van der Waals surface area contributed by atoms with E-state index < -0.39 is 0 Å². The van der Waals surface area contributed by atoms with Crippen molar-refractivity contribution in [3.8, 4) is 17.0 Å². The van der Waals surface area contributed by atoms with Crippen LogP contribution in [0.25, 0.3) is 22.0 Å². The molecule has 8 heteroatoms. The van der Waals surface area contributed by atoms with Crippen LogP contribution < -0.4 is 11.1 Å². The summed E-state index contributed by atoms with van der Waals surface area (Å²) in [6, 6.07) is 7.21. The Morgan fingerprint density at radius 1 is 1.27 bits per heavy atom. The molecule has 1 fully saturated rings. The summed E-state index contributed by atoms with van der Waals surface area (Å²) in [4.78, 5) is 21.7. The zero-order chi connectivity index (χ0) is 23.3. The van der Waals surface area contributed by atoms with E-state index in [4.69, 9.17) is 5.73 Å². The number of rotatable bonds is 5. The molecule has 3 aromatic heterocycles. The van der Waals surface area contributed by atoms with Crippen molar-refractivity contribution in [2.45, 2.75) is 32.6 Å². The number of nitrogens with two attached hydrogens (primary N) is 1. The number of hydrogen-bond donors (Lipinski definition) is 3. The zero-order valence-corrected chi connectivity index (χ0v) is 18.8. The number of nitrogen functional groups attached to an aromatic ring is 1. The second kappa shape index (κ2) is 7.88. The molecule has 0 unspecified atom stereocenters. The van der Waals surface area contributed by atoms with E-state index in [-0.39, 0.29) is 23.5 Å². The predicted molar refractivity (Wildman–Crippen MR) is 128 cm³/mol. The topological polar surface area (TPSA) is 119 Å². The van der Waals surface area contributed by atoms with E-state index in [2.05, 4.69) is 20.4 Å². The van der Waals surface area contributed by atoms with Gasteiger partial charge in [-0.1, -0.05) is 6.92 Å². The minimum absolute atomic E-state index is 0.0469. The quantitative estimate of drug-likeness (QED) is 0.431. The van der Waals surface area contributed by atoms with E-state index in [1.54, 1.807) is 23.0 Å². The summed E-state index contributed by atoms with van der Waals surface area (Å²) in [6.07, 6.45) is 7.02. The monoisotopic (exact) mass is 442 g/mol. The Kier molecular flexibility index (Phi) is 5.00. The lowest BCUT2D eigenvalue weighted by Crippen LogP contribution is -2.15. The van der Waals surface area contributed by atoms with Gasteiger partial charge in [-0.15, -0.1) is 0 Å². The first-order chi connectivity index (χ1) is 15.8. The van der Waals surface area contributed by atoms with Gasteiger partial charge >= 0.3 is 0 Å². The third-order valence-corrected chi connectivity index (χ3v) is 6.43. The van der Waals surface area contributed by atoms with Crippen molar-refractivity contribution in [1.29, 1.82) is 0 Å².